The van der Waals surface area contributed by atoms with E-state index in [1.165, 1.54) is 25.3 Å². The maximum Gasteiger partial charge on any atom is 0.129 e. The molecule has 1 aromatic carbocycles. The normalized spacial score (nSPS) is 19.4. The minimum atomic E-state index is -1.02. The van der Waals surface area contributed by atoms with Crippen molar-refractivity contribution in [2.75, 3.05) is 26.7 Å². The fourth-order valence-corrected chi connectivity index (χ4v) is 2.47. The van der Waals surface area contributed by atoms with Gasteiger partial charge < -0.3 is 20.5 Å². The molecule has 0 radical (unpaired) electrons. The van der Waals surface area contributed by atoms with Gasteiger partial charge in [-0.2, -0.15) is 0 Å². The fourth-order valence-electron chi connectivity index (χ4n) is 2.47. The van der Waals surface area contributed by atoms with Gasteiger partial charge in [0.05, 0.1) is 13.2 Å². The summed E-state index contributed by atoms with van der Waals surface area (Å²) >= 11 is 0. The van der Waals surface area contributed by atoms with E-state index in [0.29, 0.717) is 12.3 Å². The Labute approximate surface area is 113 Å². The van der Waals surface area contributed by atoms with Gasteiger partial charge in [-0.3, -0.25) is 0 Å². The maximum atomic E-state index is 13.7. The molecule has 5 heteroatoms. The van der Waals surface area contributed by atoms with E-state index in [2.05, 4.69) is 4.90 Å². The Morgan fingerprint density at radius 3 is 2.74 bits per heavy atom. The van der Waals surface area contributed by atoms with Gasteiger partial charge in [-0.25, -0.2) is 4.39 Å². The molecule has 19 heavy (non-hydrogen) atoms. The number of methoxy groups -OCH3 is 1. The molecule has 1 unspecified atom stereocenters. The molecule has 1 aromatic rings. The molecule has 106 valence electrons. The van der Waals surface area contributed by atoms with Gasteiger partial charge in [0.2, 0.25) is 0 Å². The zero-order chi connectivity index (χ0) is 13.8. The van der Waals surface area contributed by atoms with Crippen LogP contribution in [-0.2, 0) is 0 Å². The highest BCUT2D eigenvalue weighted by molar-refractivity contribution is 5.31. The van der Waals surface area contributed by atoms with Crippen LogP contribution in [0, 0.1) is 5.82 Å². The molecule has 2 atom stereocenters. The smallest absolute Gasteiger partial charge is 0.129 e. The molecule has 0 spiro atoms. The molecule has 3 N–H and O–H groups in total. The molecule has 0 saturated carbocycles. The van der Waals surface area contributed by atoms with E-state index < -0.39 is 18.0 Å². The monoisotopic (exact) mass is 268 g/mol. The molecule has 0 bridgehead atoms. The number of nitrogens with zero attached hydrogens (tertiary/aromatic N) is 1. The Morgan fingerprint density at radius 2 is 2.11 bits per heavy atom. The molecule has 0 aliphatic carbocycles. The lowest BCUT2D eigenvalue weighted by molar-refractivity contribution is 0.121. The van der Waals surface area contributed by atoms with Gasteiger partial charge in [0, 0.05) is 18.2 Å². The first-order valence-electron chi connectivity index (χ1n) is 6.61. The molecule has 0 aromatic heterocycles. The van der Waals surface area contributed by atoms with Crippen LogP contribution in [0.2, 0.25) is 0 Å². The van der Waals surface area contributed by atoms with E-state index in [4.69, 9.17) is 10.5 Å². The largest absolute Gasteiger partial charge is 0.497 e. The lowest BCUT2D eigenvalue weighted by atomic mass is 10.0. The van der Waals surface area contributed by atoms with Crippen molar-refractivity contribution in [3.8, 4) is 5.75 Å². The summed E-state index contributed by atoms with van der Waals surface area (Å²) in [5.41, 5.74) is 6.19. The number of aliphatic hydroxyl groups excluding tert-OH is 1. The number of benzene rings is 1. The average Bonchev–Trinajstić information content (AvgIpc) is 2.91. The Bertz CT molecular complexity index is 422. The third-order valence-electron chi connectivity index (χ3n) is 3.60. The van der Waals surface area contributed by atoms with Crippen molar-refractivity contribution in [1.29, 1.82) is 0 Å². The van der Waals surface area contributed by atoms with Crippen LogP contribution >= 0.6 is 0 Å². The molecular weight excluding hydrogens is 247 g/mol. The van der Waals surface area contributed by atoms with Gasteiger partial charge in [0.15, 0.2) is 0 Å². The van der Waals surface area contributed by atoms with Gasteiger partial charge in [0.1, 0.15) is 11.6 Å². The highest BCUT2D eigenvalue weighted by Crippen LogP contribution is 2.25. The number of ether oxygens (including phenoxy) is 1. The number of likely N-dealkylation sites (tertiary alicyclic amines) is 1. The maximum absolute atomic E-state index is 13.7. The Balaban J connectivity index is 2.06. The first kappa shape index (κ1) is 14.2. The third-order valence-corrected chi connectivity index (χ3v) is 3.60. The van der Waals surface area contributed by atoms with Crippen molar-refractivity contribution >= 4 is 0 Å². The zero-order valence-corrected chi connectivity index (χ0v) is 11.2. The van der Waals surface area contributed by atoms with Crippen molar-refractivity contribution in [3.63, 3.8) is 0 Å². The summed E-state index contributed by atoms with van der Waals surface area (Å²) in [6.07, 6.45) is 1.31. The first-order chi connectivity index (χ1) is 9.11. The van der Waals surface area contributed by atoms with Gasteiger partial charge in [0.25, 0.3) is 0 Å². The quantitative estimate of drug-likeness (QED) is 0.845. The van der Waals surface area contributed by atoms with E-state index in [9.17, 15) is 9.50 Å². The van der Waals surface area contributed by atoms with E-state index in [1.54, 1.807) is 0 Å². The van der Waals surface area contributed by atoms with Crippen molar-refractivity contribution in [3.05, 3.63) is 29.6 Å². The predicted molar refractivity (Wildman–Crippen MR) is 71.6 cm³/mol. The Morgan fingerprint density at radius 1 is 1.42 bits per heavy atom. The van der Waals surface area contributed by atoms with Gasteiger partial charge in [-0.15, -0.1) is 0 Å². The summed E-state index contributed by atoms with van der Waals surface area (Å²) in [4.78, 5) is 2.20. The van der Waals surface area contributed by atoms with Gasteiger partial charge in [-0.05, 0) is 44.1 Å². The van der Waals surface area contributed by atoms with Crippen LogP contribution in [0.15, 0.2) is 18.2 Å². The summed E-state index contributed by atoms with van der Waals surface area (Å²) in [6, 6.07) is 3.82. The topological polar surface area (TPSA) is 58.7 Å². The lowest BCUT2D eigenvalue weighted by Gasteiger charge is -2.25. The Kier molecular flexibility index (Phi) is 4.74. The van der Waals surface area contributed by atoms with Crippen LogP contribution in [0.25, 0.3) is 0 Å². The fraction of sp³-hybridized carbons (Fsp3) is 0.571. The molecule has 1 aliphatic heterocycles. The van der Waals surface area contributed by atoms with Crippen molar-refractivity contribution < 1.29 is 14.2 Å². The second kappa shape index (κ2) is 6.32. The Hall–Kier alpha value is -1.17. The second-order valence-electron chi connectivity index (χ2n) is 5.00. The van der Waals surface area contributed by atoms with Gasteiger partial charge >= 0.3 is 0 Å². The highest BCUT2D eigenvalue weighted by Gasteiger charge is 2.24. The minimum Gasteiger partial charge on any atom is -0.497 e. The standard InChI is InChI=1S/C14H21FN2O2/c1-19-10-4-5-12(15)11(8-10)14(18)13(16)9-17-6-2-3-7-17/h4-5,8,13-14,18H,2-3,6-7,9,16H2,1H3/t13-,14?/m1/s1. The number of hydrogen-bond donors (Lipinski definition) is 2. The SMILES string of the molecule is COc1ccc(F)c(C(O)[C@H](N)CN2CCCC2)c1. The number of nitrogens with two attached hydrogens (primary N) is 1. The molecule has 1 fully saturated rings. The number of hydrogen-bond acceptors (Lipinski definition) is 4. The average molecular weight is 268 g/mol. The molecular formula is C14H21FN2O2. The summed E-state index contributed by atoms with van der Waals surface area (Å²) in [6.45, 7) is 2.58. The molecule has 1 saturated heterocycles. The summed E-state index contributed by atoms with van der Waals surface area (Å²) in [7, 11) is 1.51. The second-order valence-corrected chi connectivity index (χ2v) is 5.00. The highest BCUT2D eigenvalue weighted by atomic mass is 19.1. The van der Waals surface area contributed by atoms with Crippen LogP contribution in [0.4, 0.5) is 4.39 Å². The zero-order valence-electron chi connectivity index (χ0n) is 11.2. The molecule has 0 amide bonds. The summed E-state index contributed by atoms with van der Waals surface area (Å²) in [5.74, 6) is 0.0639. The molecule has 1 aliphatic rings. The van der Waals surface area contributed by atoms with E-state index >= 15 is 0 Å². The number of halogens is 1. The van der Waals surface area contributed by atoms with Crippen molar-refractivity contribution in [1.82, 2.24) is 4.90 Å². The van der Waals surface area contributed by atoms with Crippen LogP contribution in [0.5, 0.6) is 5.75 Å². The predicted octanol–water partition coefficient (Wildman–Crippen LogP) is 1.29. The van der Waals surface area contributed by atoms with Crippen molar-refractivity contribution in [2.24, 2.45) is 5.73 Å². The summed E-state index contributed by atoms with van der Waals surface area (Å²) in [5, 5.41) is 10.2. The summed E-state index contributed by atoms with van der Waals surface area (Å²) < 4.78 is 18.8. The van der Waals surface area contributed by atoms with Crippen molar-refractivity contribution in [2.45, 2.75) is 25.0 Å². The van der Waals surface area contributed by atoms with E-state index in [0.717, 1.165) is 25.9 Å². The van der Waals surface area contributed by atoms with Gasteiger partial charge in [-0.1, -0.05) is 0 Å². The van der Waals surface area contributed by atoms with E-state index in [1.807, 2.05) is 0 Å². The third kappa shape index (κ3) is 3.43. The first-order valence-corrected chi connectivity index (χ1v) is 6.61. The van der Waals surface area contributed by atoms with Crippen LogP contribution < -0.4 is 10.5 Å². The van der Waals surface area contributed by atoms with E-state index in [-0.39, 0.29) is 5.56 Å². The van der Waals surface area contributed by atoms with Crippen LogP contribution in [0.3, 0.4) is 0 Å². The molecule has 1 heterocycles. The molecule has 4 nitrogen and oxygen atoms in total. The number of aliphatic hydroxyl groups is 1. The minimum absolute atomic E-state index is 0.200. The number of rotatable bonds is 5. The van der Waals surface area contributed by atoms with Crippen LogP contribution in [0.1, 0.15) is 24.5 Å². The lowest BCUT2D eigenvalue weighted by Crippen LogP contribution is -2.40. The van der Waals surface area contributed by atoms with Crippen LogP contribution in [-0.4, -0.2) is 42.8 Å². The molecule has 2 rings (SSSR count).